The molecule has 1 aromatic carbocycles. The Balaban J connectivity index is 1.67. The van der Waals surface area contributed by atoms with E-state index in [9.17, 15) is 14.9 Å². The van der Waals surface area contributed by atoms with Crippen LogP contribution in [0.4, 0.5) is 11.4 Å². The third kappa shape index (κ3) is 4.46. The molecule has 1 amide bonds. The summed E-state index contributed by atoms with van der Waals surface area (Å²) >= 11 is 7.23. The first kappa shape index (κ1) is 19.8. The SMILES string of the molecule is CCn1c(SCC(=O)Nc2ccc([N+](=O)[O-])cc2Cl)nnc1-c1ccncc1. The van der Waals surface area contributed by atoms with Crippen molar-refractivity contribution in [3.8, 4) is 11.4 Å². The molecular weight excluding hydrogens is 404 g/mol. The summed E-state index contributed by atoms with van der Waals surface area (Å²) in [6.07, 6.45) is 3.36. The molecule has 1 N–H and O–H groups in total. The lowest BCUT2D eigenvalue weighted by Gasteiger charge is -2.08. The molecule has 3 rings (SSSR count). The standard InChI is InChI=1S/C17H15ClN6O3S/c1-2-23-16(11-5-7-19-8-6-11)21-22-17(23)28-10-15(25)20-14-4-3-12(24(26)27)9-13(14)18/h3-9H,2,10H2,1H3,(H,20,25). The number of nitrogens with one attached hydrogen (secondary N) is 1. The number of aromatic nitrogens is 4. The number of carbonyl (C=O) groups excluding carboxylic acids is 1. The number of halogens is 1. The number of thioether (sulfide) groups is 1. The number of amides is 1. The van der Waals surface area contributed by atoms with Gasteiger partial charge in [0.2, 0.25) is 5.91 Å². The average Bonchev–Trinajstić information content (AvgIpc) is 3.11. The van der Waals surface area contributed by atoms with Gasteiger partial charge < -0.3 is 9.88 Å². The van der Waals surface area contributed by atoms with E-state index in [2.05, 4.69) is 20.5 Å². The lowest BCUT2D eigenvalue weighted by Crippen LogP contribution is -2.15. The molecule has 0 saturated carbocycles. The lowest BCUT2D eigenvalue weighted by molar-refractivity contribution is -0.384. The van der Waals surface area contributed by atoms with Crippen LogP contribution in [0, 0.1) is 10.1 Å². The molecule has 0 radical (unpaired) electrons. The van der Waals surface area contributed by atoms with Crippen LogP contribution >= 0.6 is 23.4 Å². The first-order valence-corrected chi connectivity index (χ1v) is 9.56. The van der Waals surface area contributed by atoms with E-state index in [1.54, 1.807) is 12.4 Å². The Hall–Kier alpha value is -2.98. The van der Waals surface area contributed by atoms with Gasteiger partial charge in [-0.15, -0.1) is 10.2 Å². The predicted octanol–water partition coefficient (Wildman–Crippen LogP) is 3.65. The normalized spacial score (nSPS) is 10.6. The molecule has 0 fully saturated rings. The average molecular weight is 419 g/mol. The zero-order valence-electron chi connectivity index (χ0n) is 14.7. The number of anilines is 1. The van der Waals surface area contributed by atoms with Crippen molar-refractivity contribution in [2.75, 3.05) is 11.1 Å². The molecule has 28 heavy (non-hydrogen) atoms. The van der Waals surface area contributed by atoms with Gasteiger partial charge in [0.1, 0.15) is 0 Å². The highest BCUT2D eigenvalue weighted by Gasteiger charge is 2.16. The quantitative estimate of drug-likeness (QED) is 0.353. The van der Waals surface area contributed by atoms with Crippen LogP contribution in [-0.2, 0) is 11.3 Å². The highest BCUT2D eigenvalue weighted by atomic mass is 35.5. The Bertz CT molecular complexity index is 1010. The van der Waals surface area contributed by atoms with Crippen LogP contribution in [0.3, 0.4) is 0 Å². The van der Waals surface area contributed by atoms with Gasteiger partial charge in [-0.2, -0.15) is 0 Å². The van der Waals surface area contributed by atoms with E-state index in [-0.39, 0.29) is 22.4 Å². The van der Waals surface area contributed by atoms with Crippen molar-refractivity contribution in [1.29, 1.82) is 0 Å². The fourth-order valence-corrected chi connectivity index (χ4v) is 3.45. The second-order valence-electron chi connectivity index (χ2n) is 5.54. The number of benzene rings is 1. The van der Waals surface area contributed by atoms with E-state index in [0.29, 0.717) is 23.2 Å². The molecule has 0 aliphatic carbocycles. The molecule has 0 unspecified atom stereocenters. The zero-order chi connectivity index (χ0) is 20.1. The summed E-state index contributed by atoms with van der Waals surface area (Å²) in [5.41, 5.74) is 1.06. The fourth-order valence-electron chi connectivity index (χ4n) is 2.43. The third-order valence-corrected chi connectivity index (χ3v) is 5.02. The Morgan fingerprint density at radius 1 is 1.29 bits per heavy atom. The molecule has 0 aliphatic heterocycles. The monoisotopic (exact) mass is 418 g/mol. The smallest absolute Gasteiger partial charge is 0.271 e. The summed E-state index contributed by atoms with van der Waals surface area (Å²) < 4.78 is 1.91. The topological polar surface area (TPSA) is 116 Å². The van der Waals surface area contributed by atoms with E-state index >= 15 is 0 Å². The van der Waals surface area contributed by atoms with E-state index in [4.69, 9.17) is 11.6 Å². The highest BCUT2D eigenvalue weighted by Crippen LogP contribution is 2.27. The number of nitrogens with zero attached hydrogens (tertiary/aromatic N) is 5. The summed E-state index contributed by atoms with van der Waals surface area (Å²) in [6, 6.07) is 7.56. The Morgan fingerprint density at radius 3 is 2.68 bits per heavy atom. The second-order valence-corrected chi connectivity index (χ2v) is 6.89. The molecule has 0 saturated heterocycles. The molecule has 2 heterocycles. The van der Waals surface area contributed by atoms with E-state index in [1.807, 2.05) is 23.6 Å². The summed E-state index contributed by atoms with van der Waals surface area (Å²) in [5.74, 6) is 0.477. The summed E-state index contributed by atoms with van der Waals surface area (Å²) in [4.78, 5) is 26.4. The number of hydrogen-bond donors (Lipinski definition) is 1. The van der Waals surface area contributed by atoms with Crippen molar-refractivity contribution < 1.29 is 9.72 Å². The summed E-state index contributed by atoms with van der Waals surface area (Å²) in [5, 5.41) is 22.5. The molecule has 2 aromatic heterocycles. The lowest BCUT2D eigenvalue weighted by atomic mass is 10.2. The minimum Gasteiger partial charge on any atom is -0.324 e. The Kier molecular flexibility index (Phi) is 6.22. The largest absolute Gasteiger partial charge is 0.324 e. The Morgan fingerprint density at radius 2 is 2.04 bits per heavy atom. The van der Waals surface area contributed by atoms with Gasteiger partial charge >= 0.3 is 0 Å². The van der Waals surface area contributed by atoms with Gasteiger partial charge in [0.15, 0.2) is 11.0 Å². The number of hydrogen-bond acceptors (Lipinski definition) is 7. The number of nitro groups is 1. The number of nitro benzene ring substituents is 1. The van der Waals surface area contributed by atoms with Crippen molar-refractivity contribution in [2.24, 2.45) is 0 Å². The minimum absolute atomic E-state index is 0.0851. The molecule has 0 bridgehead atoms. The molecule has 0 spiro atoms. The predicted molar refractivity (Wildman–Crippen MR) is 106 cm³/mol. The maximum atomic E-state index is 12.2. The van der Waals surface area contributed by atoms with E-state index in [1.165, 1.54) is 30.0 Å². The number of rotatable bonds is 7. The molecule has 0 aliphatic rings. The van der Waals surface area contributed by atoms with Crippen LogP contribution in [0.2, 0.25) is 5.02 Å². The van der Waals surface area contributed by atoms with Crippen LogP contribution < -0.4 is 5.32 Å². The third-order valence-electron chi connectivity index (χ3n) is 3.74. The molecule has 11 heteroatoms. The van der Waals surface area contributed by atoms with Crippen LogP contribution in [0.25, 0.3) is 11.4 Å². The van der Waals surface area contributed by atoms with Crippen LogP contribution in [0.1, 0.15) is 6.92 Å². The first-order chi connectivity index (χ1) is 13.5. The summed E-state index contributed by atoms with van der Waals surface area (Å²) in [6.45, 7) is 2.61. The zero-order valence-corrected chi connectivity index (χ0v) is 16.3. The van der Waals surface area contributed by atoms with Crippen molar-refractivity contribution in [2.45, 2.75) is 18.6 Å². The first-order valence-electron chi connectivity index (χ1n) is 8.19. The van der Waals surface area contributed by atoms with Crippen LogP contribution in [-0.4, -0.2) is 36.3 Å². The fraction of sp³-hybridized carbons (Fsp3) is 0.176. The van der Waals surface area contributed by atoms with Gasteiger partial charge in [0, 0.05) is 36.6 Å². The summed E-state index contributed by atoms with van der Waals surface area (Å²) in [7, 11) is 0. The van der Waals surface area contributed by atoms with Crippen LogP contribution in [0.5, 0.6) is 0 Å². The van der Waals surface area contributed by atoms with Crippen molar-refractivity contribution in [3.63, 3.8) is 0 Å². The number of carbonyl (C=O) groups is 1. The maximum absolute atomic E-state index is 12.2. The van der Waals surface area contributed by atoms with Gasteiger partial charge in [0.05, 0.1) is 21.4 Å². The van der Waals surface area contributed by atoms with Crippen molar-refractivity contribution >= 4 is 40.6 Å². The maximum Gasteiger partial charge on any atom is 0.271 e. The molecule has 0 atom stereocenters. The van der Waals surface area contributed by atoms with Gasteiger partial charge in [-0.25, -0.2) is 0 Å². The van der Waals surface area contributed by atoms with Crippen molar-refractivity contribution in [3.05, 3.63) is 57.9 Å². The van der Waals surface area contributed by atoms with Gasteiger partial charge in [-0.3, -0.25) is 19.9 Å². The van der Waals surface area contributed by atoms with Crippen LogP contribution in [0.15, 0.2) is 47.9 Å². The number of non-ortho nitro benzene ring substituents is 1. The van der Waals surface area contributed by atoms with Gasteiger partial charge in [0.25, 0.3) is 5.69 Å². The Labute approximate surface area is 169 Å². The van der Waals surface area contributed by atoms with Gasteiger partial charge in [-0.1, -0.05) is 23.4 Å². The molecule has 9 nitrogen and oxygen atoms in total. The van der Waals surface area contributed by atoms with E-state index in [0.717, 1.165) is 5.56 Å². The van der Waals surface area contributed by atoms with E-state index < -0.39 is 4.92 Å². The van der Waals surface area contributed by atoms with Crippen molar-refractivity contribution in [1.82, 2.24) is 19.7 Å². The molecule has 144 valence electrons. The minimum atomic E-state index is -0.550. The highest BCUT2D eigenvalue weighted by molar-refractivity contribution is 7.99. The van der Waals surface area contributed by atoms with Gasteiger partial charge in [-0.05, 0) is 25.1 Å². The molecular formula is C17H15ClN6O3S. The second kappa shape index (κ2) is 8.81. The number of pyridine rings is 1. The molecule has 3 aromatic rings.